The van der Waals surface area contributed by atoms with E-state index in [1.54, 1.807) is 26.1 Å². The maximum Gasteiger partial charge on any atom is 0.471 e. The number of hydrogen-bond donors (Lipinski definition) is 4. The van der Waals surface area contributed by atoms with Gasteiger partial charge in [-0.05, 0) is 45.0 Å². The van der Waals surface area contributed by atoms with E-state index in [9.17, 15) is 32.3 Å². The maximum absolute atomic E-state index is 13.1. The van der Waals surface area contributed by atoms with E-state index in [0.29, 0.717) is 12.9 Å². The monoisotopic (exact) mass is 615 g/mol. The lowest BCUT2D eigenvalue weighted by molar-refractivity contribution is -0.167. The van der Waals surface area contributed by atoms with Gasteiger partial charge in [0.15, 0.2) is 0 Å². The average molecular weight is 616 g/mol. The summed E-state index contributed by atoms with van der Waals surface area (Å²) in [5.41, 5.74) is -1.27. The summed E-state index contributed by atoms with van der Waals surface area (Å²) >= 11 is 0. The number of benzene rings is 1. The van der Waals surface area contributed by atoms with Crippen molar-refractivity contribution >= 4 is 43.8 Å². The number of rotatable bonds is 12. The quantitative estimate of drug-likeness (QED) is 0.136. The zero-order chi connectivity index (χ0) is 31.9. The molecule has 0 bridgehead atoms. The van der Waals surface area contributed by atoms with E-state index in [1.807, 2.05) is 5.32 Å². The van der Waals surface area contributed by atoms with E-state index in [1.165, 1.54) is 22.9 Å². The molecule has 0 radical (unpaired) electrons. The molecule has 0 saturated carbocycles. The molecule has 0 aliphatic rings. The molecule has 2 aromatic rings. The van der Waals surface area contributed by atoms with E-state index >= 15 is 0 Å². The first-order valence-corrected chi connectivity index (χ1v) is 16.6. The van der Waals surface area contributed by atoms with E-state index < -0.39 is 44.0 Å². The van der Waals surface area contributed by atoms with Gasteiger partial charge in [-0.1, -0.05) is 19.6 Å². The van der Waals surface area contributed by atoms with Crippen LogP contribution in [-0.2, 0) is 25.8 Å². The molecule has 42 heavy (non-hydrogen) atoms. The number of hydrogen-bond acceptors (Lipinski definition) is 7. The fraction of sp³-hybridized carbons (Fsp3) is 0.500. The molecule has 2 rings (SSSR count). The van der Waals surface area contributed by atoms with E-state index in [2.05, 4.69) is 29.9 Å². The fourth-order valence-corrected chi connectivity index (χ4v) is 4.28. The van der Waals surface area contributed by atoms with Gasteiger partial charge in [0.1, 0.15) is 24.4 Å². The predicted octanol–water partition coefficient (Wildman–Crippen LogP) is 5.61. The fourth-order valence-electron chi connectivity index (χ4n) is 3.52. The van der Waals surface area contributed by atoms with Gasteiger partial charge in [0.2, 0.25) is 0 Å². The maximum atomic E-state index is 13.1. The molecule has 1 aromatic carbocycles. The molecule has 0 saturated heterocycles. The summed E-state index contributed by atoms with van der Waals surface area (Å²) in [5.74, 6) is -2.15. The van der Waals surface area contributed by atoms with Crippen molar-refractivity contribution in [2.24, 2.45) is 0 Å². The number of nitrogens with one attached hydrogen (secondary N) is 3. The lowest BCUT2D eigenvalue weighted by atomic mass is 10.1. The number of carboxylic acid groups (broad SMARTS) is 1. The Bertz CT molecular complexity index is 1290. The van der Waals surface area contributed by atoms with Gasteiger partial charge >= 0.3 is 24.3 Å². The van der Waals surface area contributed by atoms with Gasteiger partial charge in [-0.3, -0.25) is 10.1 Å². The number of alkyl halides is 3. The molecule has 0 aliphatic heterocycles. The summed E-state index contributed by atoms with van der Waals surface area (Å²) in [6, 6.07) is 3.39. The first-order chi connectivity index (χ1) is 19.3. The molecule has 0 spiro atoms. The van der Waals surface area contributed by atoms with Gasteiger partial charge in [-0.2, -0.15) is 13.2 Å². The van der Waals surface area contributed by atoms with Crippen molar-refractivity contribution in [2.45, 2.75) is 77.4 Å². The minimum Gasteiger partial charge on any atom is -0.465 e. The molecule has 1 aromatic heterocycles. The van der Waals surface area contributed by atoms with Crippen LogP contribution in [0.5, 0.6) is 0 Å². The Hall–Kier alpha value is -3.92. The number of nitrogens with zero attached hydrogens (tertiary/aromatic N) is 2. The van der Waals surface area contributed by atoms with Crippen molar-refractivity contribution in [1.29, 1.82) is 0 Å². The molecule has 16 heteroatoms. The first kappa shape index (κ1) is 34.3. The molecule has 0 fully saturated rings. The number of anilines is 2. The van der Waals surface area contributed by atoms with Crippen LogP contribution in [0.1, 0.15) is 39.1 Å². The molecular formula is C26H36F3N5O7Si. The lowest BCUT2D eigenvalue weighted by Crippen LogP contribution is -2.36. The number of halogens is 3. The summed E-state index contributed by atoms with van der Waals surface area (Å²) in [6.07, 6.45) is -5.75. The second kappa shape index (κ2) is 13.8. The molecule has 4 N–H and O–H groups in total. The normalized spacial score (nSPS) is 12.8. The zero-order valence-electron chi connectivity index (χ0n) is 24.2. The molecule has 0 aliphatic carbocycles. The first-order valence-electron chi connectivity index (χ1n) is 12.9. The van der Waals surface area contributed by atoms with Crippen molar-refractivity contribution < 1.29 is 46.9 Å². The Labute approximate surface area is 242 Å². The third kappa shape index (κ3) is 11.2. The van der Waals surface area contributed by atoms with Crippen molar-refractivity contribution in [2.75, 3.05) is 17.2 Å². The van der Waals surface area contributed by atoms with Crippen LogP contribution in [0.2, 0.25) is 25.7 Å². The number of carbonyl (C=O) groups is 4. The van der Waals surface area contributed by atoms with Gasteiger partial charge in [-0.15, -0.1) is 0 Å². The van der Waals surface area contributed by atoms with E-state index in [0.717, 1.165) is 12.1 Å². The van der Waals surface area contributed by atoms with Gasteiger partial charge in [0.05, 0.1) is 17.4 Å². The molecule has 1 heterocycles. The Morgan fingerprint density at radius 1 is 1.14 bits per heavy atom. The summed E-state index contributed by atoms with van der Waals surface area (Å²) in [4.78, 5) is 51.5. The standard InChI is InChI=1S/C26H36F3N5O7Si/c1-25(2,3)41-24(39)33-18(9-10-35)21-31-20(14-34(21)15-40-11-12-42(4,5)6)17-8-7-16(30-23(37)38)13-19(17)32-22(36)26(27,28)29/h7-8,10,13-14,18,30H,9,11-12,15H2,1-6H3,(H,32,36)(H,33,39)(H,37,38)/t18-/m0/s1. The van der Waals surface area contributed by atoms with Crippen LogP contribution in [0.3, 0.4) is 0 Å². The number of aromatic nitrogens is 2. The number of aldehydes is 1. The van der Waals surface area contributed by atoms with Crippen molar-refractivity contribution in [1.82, 2.24) is 14.9 Å². The highest BCUT2D eigenvalue weighted by molar-refractivity contribution is 6.76. The number of imidazole rings is 1. The van der Waals surface area contributed by atoms with Crippen LogP contribution in [0.15, 0.2) is 24.4 Å². The van der Waals surface area contributed by atoms with Crippen LogP contribution < -0.4 is 16.0 Å². The third-order valence-electron chi connectivity index (χ3n) is 5.42. The van der Waals surface area contributed by atoms with Crippen LogP contribution in [-0.4, -0.2) is 65.5 Å². The number of alkyl carbamates (subject to hydrolysis) is 1. The average Bonchev–Trinajstić information content (AvgIpc) is 3.22. The minimum atomic E-state index is -5.23. The minimum absolute atomic E-state index is 0.00718. The number of ether oxygens (including phenoxy) is 2. The molecule has 232 valence electrons. The van der Waals surface area contributed by atoms with E-state index in [-0.39, 0.29) is 41.6 Å². The van der Waals surface area contributed by atoms with Gasteiger partial charge < -0.3 is 34.6 Å². The summed E-state index contributed by atoms with van der Waals surface area (Å²) in [5, 5.41) is 15.4. The zero-order valence-corrected chi connectivity index (χ0v) is 25.2. The molecule has 1 atom stereocenters. The Kier molecular flexibility index (Phi) is 11.3. The van der Waals surface area contributed by atoms with Crippen molar-refractivity contribution in [3.8, 4) is 11.3 Å². The third-order valence-corrected chi connectivity index (χ3v) is 7.13. The highest BCUT2D eigenvalue weighted by Gasteiger charge is 2.39. The molecule has 0 unspecified atom stereocenters. The van der Waals surface area contributed by atoms with Gasteiger partial charge in [-0.25, -0.2) is 14.6 Å². The van der Waals surface area contributed by atoms with Crippen molar-refractivity contribution in [3.63, 3.8) is 0 Å². The highest BCUT2D eigenvalue weighted by atomic mass is 28.3. The molecule has 12 nitrogen and oxygen atoms in total. The molecular weight excluding hydrogens is 579 g/mol. The topological polar surface area (TPSA) is 161 Å². The van der Waals surface area contributed by atoms with Crippen molar-refractivity contribution in [3.05, 3.63) is 30.2 Å². The Morgan fingerprint density at radius 3 is 2.36 bits per heavy atom. The van der Waals surface area contributed by atoms with Crippen LogP contribution >= 0.6 is 0 Å². The smallest absolute Gasteiger partial charge is 0.465 e. The summed E-state index contributed by atoms with van der Waals surface area (Å²) < 4.78 is 51.9. The van der Waals surface area contributed by atoms with E-state index in [4.69, 9.17) is 14.6 Å². The largest absolute Gasteiger partial charge is 0.471 e. The van der Waals surface area contributed by atoms with Gasteiger partial charge in [0, 0.05) is 38.5 Å². The summed E-state index contributed by atoms with van der Waals surface area (Å²) in [7, 11) is -1.44. The SMILES string of the molecule is CC(C)(C)OC(=O)N[C@@H](CC=O)c1nc(-c2ccc(NC(=O)O)cc2NC(=O)C(F)(F)F)cn1COCC[Si](C)(C)C. The van der Waals surface area contributed by atoms with Crippen LogP contribution in [0.25, 0.3) is 11.3 Å². The Balaban J connectivity index is 2.59. The van der Waals surface area contributed by atoms with Crippen LogP contribution in [0.4, 0.5) is 34.1 Å². The Morgan fingerprint density at radius 2 is 1.81 bits per heavy atom. The lowest BCUT2D eigenvalue weighted by Gasteiger charge is -2.23. The predicted molar refractivity (Wildman–Crippen MR) is 151 cm³/mol. The second-order valence-corrected chi connectivity index (χ2v) is 17.2. The second-order valence-electron chi connectivity index (χ2n) is 11.5. The summed E-state index contributed by atoms with van der Waals surface area (Å²) in [6.45, 7) is 11.8. The van der Waals surface area contributed by atoms with Crippen LogP contribution in [0, 0.1) is 0 Å². The van der Waals surface area contributed by atoms with Gasteiger partial charge in [0.25, 0.3) is 0 Å². The molecule has 3 amide bonds. The number of amides is 3. The highest BCUT2D eigenvalue weighted by Crippen LogP contribution is 2.33. The number of carbonyl (C=O) groups excluding carboxylic acids is 3.